The van der Waals surface area contributed by atoms with Gasteiger partial charge in [-0.1, -0.05) is 23.2 Å². The summed E-state index contributed by atoms with van der Waals surface area (Å²) in [5, 5.41) is 4.73. The molecule has 0 aliphatic heterocycles. The molecular formula is C17H13Cl2NO3. The highest BCUT2D eigenvalue weighted by molar-refractivity contribution is 6.31. The number of halogens is 2. The minimum Gasteiger partial charge on any atom is -0.495 e. The van der Waals surface area contributed by atoms with E-state index in [0.717, 1.165) is 10.9 Å². The molecule has 0 aliphatic rings. The molecule has 6 heteroatoms. The quantitative estimate of drug-likeness (QED) is 0.726. The number of fused-ring (bicyclic) bond motifs is 1. The van der Waals surface area contributed by atoms with E-state index in [1.54, 1.807) is 42.7 Å². The maximum atomic E-state index is 12.3. The molecule has 0 bridgehead atoms. The molecule has 1 amide bonds. The number of ether oxygens (including phenoxy) is 1. The Bertz CT molecular complexity index is 873. The number of amides is 1. The normalized spacial score (nSPS) is 10.7. The van der Waals surface area contributed by atoms with E-state index in [1.807, 2.05) is 0 Å². The Morgan fingerprint density at radius 3 is 2.70 bits per heavy atom. The van der Waals surface area contributed by atoms with E-state index in [4.69, 9.17) is 32.4 Å². The molecule has 0 saturated heterocycles. The highest BCUT2D eigenvalue weighted by Crippen LogP contribution is 2.29. The number of carbonyl (C=O) groups is 1. The minimum absolute atomic E-state index is 0.156. The Labute approximate surface area is 142 Å². The van der Waals surface area contributed by atoms with Crippen molar-refractivity contribution < 1.29 is 13.9 Å². The van der Waals surface area contributed by atoms with E-state index in [9.17, 15) is 4.79 Å². The molecule has 0 saturated carbocycles. The van der Waals surface area contributed by atoms with Crippen molar-refractivity contribution in [2.75, 3.05) is 12.4 Å². The van der Waals surface area contributed by atoms with Crippen molar-refractivity contribution in [2.45, 2.75) is 6.42 Å². The fraction of sp³-hybridized carbons (Fsp3) is 0.118. The van der Waals surface area contributed by atoms with Crippen molar-refractivity contribution in [3.63, 3.8) is 0 Å². The van der Waals surface area contributed by atoms with Gasteiger partial charge in [-0.15, -0.1) is 0 Å². The van der Waals surface area contributed by atoms with Gasteiger partial charge in [-0.25, -0.2) is 0 Å². The Morgan fingerprint density at radius 2 is 1.91 bits per heavy atom. The lowest BCUT2D eigenvalue weighted by Gasteiger charge is -2.10. The van der Waals surface area contributed by atoms with Gasteiger partial charge in [0.15, 0.2) is 0 Å². The first-order chi connectivity index (χ1) is 11.1. The van der Waals surface area contributed by atoms with Gasteiger partial charge in [0.25, 0.3) is 0 Å². The molecule has 1 heterocycles. The Kier molecular flexibility index (Phi) is 4.46. The number of anilines is 1. The summed E-state index contributed by atoms with van der Waals surface area (Å²) in [4.78, 5) is 12.3. The Hall–Kier alpha value is -2.17. The van der Waals surface area contributed by atoms with Crippen molar-refractivity contribution in [2.24, 2.45) is 0 Å². The molecule has 4 nitrogen and oxygen atoms in total. The van der Waals surface area contributed by atoms with Crippen molar-refractivity contribution in [3.8, 4) is 5.75 Å². The Balaban J connectivity index is 1.81. The predicted octanol–water partition coefficient (Wildman–Crippen LogP) is 4.93. The number of hydrogen-bond acceptors (Lipinski definition) is 3. The third-order valence-corrected chi connectivity index (χ3v) is 3.87. The molecule has 0 unspecified atom stereocenters. The van der Waals surface area contributed by atoms with Crippen LogP contribution in [0.4, 0.5) is 5.69 Å². The van der Waals surface area contributed by atoms with Gasteiger partial charge in [-0.05, 0) is 36.4 Å². The molecule has 0 aliphatic carbocycles. The summed E-state index contributed by atoms with van der Waals surface area (Å²) < 4.78 is 10.6. The summed E-state index contributed by atoms with van der Waals surface area (Å²) in [7, 11) is 1.53. The number of carbonyl (C=O) groups excluding carboxylic acids is 1. The molecule has 2 aromatic carbocycles. The van der Waals surface area contributed by atoms with Crippen LogP contribution < -0.4 is 10.1 Å². The van der Waals surface area contributed by atoms with Crippen molar-refractivity contribution >= 4 is 45.8 Å². The van der Waals surface area contributed by atoms with Gasteiger partial charge in [0.1, 0.15) is 11.3 Å². The number of hydrogen-bond donors (Lipinski definition) is 1. The average Bonchev–Trinajstić information content (AvgIpc) is 2.90. The maximum Gasteiger partial charge on any atom is 0.229 e. The van der Waals surface area contributed by atoms with Gasteiger partial charge in [-0.2, -0.15) is 0 Å². The molecule has 1 aromatic heterocycles. The van der Waals surface area contributed by atoms with Gasteiger partial charge in [0.2, 0.25) is 5.91 Å². The molecule has 0 fully saturated rings. The molecule has 0 spiro atoms. The largest absolute Gasteiger partial charge is 0.495 e. The summed E-state index contributed by atoms with van der Waals surface area (Å²) in [6.07, 6.45) is 1.72. The highest BCUT2D eigenvalue weighted by Gasteiger charge is 2.13. The minimum atomic E-state index is -0.201. The molecular weight excluding hydrogens is 337 g/mol. The molecule has 3 aromatic rings. The topological polar surface area (TPSA) is 51.5 Å². The zero-order chi connectivity index (χ0) is 16.4. The predicted molar refractivity (Wildman–Crippen MR) is 91.6 cm³/mol. The van der Waals surface area contributed by atoms with Gasteiger partial charge in [0.05, 0.1) is 25.5 Å². The first kappa shape index (κ1) is 15.7. The van der Waals surface area contributed by atoms with Crippen LogP contribution in [-0.4, -0.2) is 13.0 Å². The zero-order valence-electron chi connectivity index (χ0n) is 12.2. The first-order valence-electron chi connectivity index (χ1n) is 6.86. The average molecular weight is 350 g/mol. The standard InChI is InChI=1S/C17H13Cl2NO3/c1-22-16-5-3-12(19)8-14(16)20-17(21)6-10-9-23-15-4-2-11(18)7-13(10)15/h2-5,7-9H,6H2,1H3,(H,20,21). The summed E-state index contributed by atoms with van der Waals surface area (Å²) in [5.41, 5.74) is 1.98. The third kappa shape index (κ3) is 3.44. The third-order valence-electron chi connectivity index (χ3n) is 3.40. The molecule has 1 N–H and O–H groups in total. The second kappa shape index (κ2) is 6.52. The zero-order valence-corrected chi connectivity index (χ0v) is 13.7. The van der Waals surface area contributed by atoms with Gasteiger partial charge in [0, 0.05) is 21.0 Å². The van der Waals surface area contributed by atoms with Crippen molar-refractivity contribution in [1.82, 2.24) is 0 Å². The van der Waals surface area contributed by atoms with Crippen LogP contribution in [0, 0.1) is 0 Å². The second-order valence-electron chi connectivity index (χ2n) is 4.97. The van der Waals surface area contributed by atoms with Gasteiger partial charge >= 0.3 is 0 Å². The molecule has 118 valence electrons. The highest BCUT2D eigenvalue weighted by atomic mass is 35.5. The van der Waals surface area contributed by atoms with E-state index in [0.29, 0.717) is 27.1 Å². The first-order valence-corrected chi connectivity index (χ1v) is 7.61. The number of benzene rings is 2. The molecule has 0 radical (unpaired) electrons. The van der Waals surface area contributed by atoms with E-state index >= 15 is 0 Å². The van der Waals surface area contributed by atoms with Gasteiger partial charge < -0.3 is 14.5 Å². The number of methoxy groups -OCH3 is 1. The molecule has 3 rings (SSSR count). The van der Waals surface area contributed by atoms with Crippen LogP contribution in [0.15, 0.2) is 47.1 Å². The lowest BCUT2D eigenvalue weighted by Crippen LogP contribution is -2.14. The van der Waals surface area contributed by atoms with Crippen molar-refractivity contribution in [1.29, 1.82) is 0 Å². The van der Waals surface area contributed by atoms with Crippen LogP contribution in [0.2, 0.25) is 10.0 Å². The fourth-order valence-corrected chi connectivity index (χ4v) is 2.68. The van der Waals surface area contributed by atoms with Gasteiger partial charge in [-0.3, -0.25) is 4.79 Å². The summed E-state index contributed by atoms with van der Waals surface area (Å²) in [5.74, 6) is 0.344. The summed E-state index contributed by atoms with van der Waals surface area (Å²) in [6.45, 7) is 0. The monoisotopic (exact) mass is 349 g/mol. The molecule has 0 atom stereocenters. The van der Waals surface area contributed by atoms with E-state index in [1.165, 1.54) is 7.11 Å². The van der Waals surface area contributed by atoms with E-state index in [2.05, 4.69) is 5.32 Å². The van der Waals surface area contributed by atoms with Crippen LogP contribution in [0.1, 0.15) is 5.56 Å². The summed E-state index contributed by atoms with van der Waals surface area (Å²) >= 11 is 12.0. The maximum absolute atomic E-state index is 12.3. The lowest BCUT2D eigenvalue weighted by atomic mass is 10.1. The van der Waals surface area contributed by atoms with Crippen molar-refractivity contribution in [3.05, 3.63) is 58.3 Å². The van der Waals surface area contributed by atoms with Crippen LogP contribution in [0.5, 0.6) is 5.75 Å². The SMILES string of the molecule is COc1ccc(Cl)cc1NC(=O)Cc1coc2ccc(Cl)cc12. The number of rotatable bonds is 4. The van der Waals surface area contributed by atoms with E-state index in [-0.39, 0.29) is 12.3 Å². The van der Waals surface area contributed by atoms with Crippen LogP contribution in [-0.2, 0) is 11.2 Å². The Morgan fingerprint density at radius 1 is 1.17 bits per heavy atom. The fourth-order valence-electron chi connectivity index (χ4n) is 2.34. The summed E-state index contributed by atoms with van der Waals surface area (Å²) in [6, 6.07) is 10.3. The number of furan rings is 1. The smallest absolute Gasteiger partial charge is 0.229 e. The van der Waals surface area contributed by atoms with E-state index < -0.39 is 0 Å². The molecule has 23 heavy (non-hydrogen) atoms. The van der Waals surface area contributed by atoms with Crippen LogP contribution >= 0.6 is 23.2 Å². The lowest BCUT2D eigenvalue weighted by molar-refractivity contribution is -0.115. The second-order valence-corrected chi connectivity index (χ2v) is 5.84. The number of nitrogens with one attached hydrogen (secondary N) is 1. The van der Waals surface area contributed by atoms with Crippen LogP contribution in [0.3, 0.4) is 0 Å². The van der Waals surface area contributed by atoms with Crippen LogP contribution in [0.25, 0.3) is 11.0 Å².